The van der Waals surface area contributed by atoms with Crippen molar-refractivity contribution in [3.8, 4) is 0 Å². The second-order valence-corrected chi connectivity index (χ2v) is 4.57. The fraction of sp³-hybridized carbons (Fsp3) is 0.857. The Kier molecular flexibility index (Phi) is 26.7. The zero-order valence-electron chi connectivity index (χ0n) is 10.9. The number of hydrogen-bond donors (Lipinski definition) is 5. The summed E-state index contributed by atoms with van der Waals surface area (Å²) in [6.07, 6.45) is 4.82. The maximum Gasteiger partial charge on any atom is 1.00 e. The predicted molar refractivity (Wildman–Crippen MR) is 56.9 cm³/mol. The van der Waals surface area contributed by atoms with Gasteiger partial charge in [0.2, 0.25) is 0 Å². The molecular weight excluding hydrogens is 304 g/mol. The molecule has 11 heteroatoms. The second kappa shape index (κ2) is 17.1. The van der Waals surface area contributed by atoms with Crippen LogP contribution < -0.4 is 59.1 Å². The third kappa shape index (κ3) is 26.5. The molecule has 0 aliphatic heterocycles. The number of aliphatic hydroxyl groups excluding tert-OH is 1. The molecule has 1 aliphatic rings. The summed E-state index contributed by atoms with van der Waals surface area (Å²) in [7, 11) is -5.74. The van der Waals surface area contributed by atoms with Crippen LogP contribution in [0.2, 0.25) is 0 Å². The van der Waals surface area contributed by atoms with Gasteiger partial charge in [0.25, 0.3) is 0 Å². The molecular formula is C7H17Na2O7P2+3. The molecule has 18 heavy (non-hydrogen) atoms. The van der Waals surface area contributed by atoms with E-state index in [9.17, 15) is 0 Å². The first-order valence-corrected chi connectivity index (χ1v) is 6.72. The van der Waals surface area contributed by atoms with Gasteiger partial charge in [-0.2, -0.15) is 6.42 Å². The Hall–Kier alpha value is 2.00. The number of rotatable bonds is 2. The van der Waals surface area contributed by atoms with Crippen molar-refractivity contribution < 1.29 is 92.9 Å². The second-order valence-electron chi connectivity index (χ2n) is 3.56. The summed E-state index contributed by atoms with van der Waals surface area (Å²) >= 11 is 0. The van der Waals surface area contributed by atoms with Gasteiger partial charge in [0.05, 0.1) is 0 Å². The van der Waals surface area contributed by atoms with Gasteiger partial charge in [0, 0.05) is 9.13 Å². The van der Waals surface area contributed by atoms with Crippen molar-refractivity contribution in [1.82, 2.24) is 0 Å². The van der Waals surface area contributed by atoms with Gasteiger partial charge < -0.3 is 5.11 Å². The molecule has 7 nitrogen and oxygen atoms in total. The van der Waals surface area contributed by atoms with E-state index in [2.05, 4.69) is 6.92 Å². The molecule has 0 unspecified atom stereocenters. The van der Waals surface area contributed by atoms with Crippen molar-refractivity contribution in [2.45, 2.75) is 32.6 Å². The molecule has 0 spiro atoms. The van der Waals surface area contributed by atoms with Crippen LogP contribution in [0.4, 0.5) is 0 Å². The van der Waals surface area contributed by atoms with E-state index in [0.717, 1.165) is 6.42 Å². The van der Waals surface area contributed by atoms with Gasteiger partial charge in [-0.25, -0.2) is 6.61 Å². The zero-order valence-corrected chi connectivity index (χ0v) is 16.6. The molecule has 1 fully saturated rings. The first-order valence-electron chi connectivity index (χ1n) is 4.39. The van der Waals surface area contributed by atoms with Crippen molar-refractivity contribution in [3.05, 3.63) is 6.61 Å². The molecule has 1 aliphatic carbocycles. The van der Waals surface area contributed by atoms with E-state index in [0.29, 0.717) is 5.41 Å². The number of hydrogen-bond acceptors (Lipinski definition) is 3. The van der Waals surface area contributed by atoms with Crippen molar-refractivity contribution in [3.63, 3.8) is 0 Å². The van der Waals surface area contributed by atoms with Crippen LogP contribution in [-0.4, -0.2) is 24.7 Å². The summed E-state index contributed by atoms with van der Waals surface area (Å²) < 4.78 is 17.4. The molecule has 0 amide bonds. The Labute approximate surface area is 152 Å². The van der Waals surface area contributed by atoms with Crippen LogP contribution in [0.1, 0.15) is 32.6 Å². The molecule has 96 valence electrons. The van der Waals surface area contributed by atoms with E-state index >= 15 is 0 Å². The third-order valence-electron chi connectivity index (χ3n) is 2.14. The Morgan fingerprint density at radius 1 is 1.06 bits per heavy atom. The summed E-state index contributed by atoms with van der Waals surface area (Å²) in [5.74, 6) is 0. The maximum atomic E-state index is 8.70. The average molecular weight is 321 g/mol. The molecule has 0 heterocycles. The molecule has 0 bridgehead atoms. The molecule has 0 saturated heterocycles. The van der Waals surface area contributed by atoms with Crippen molar-refractivity contribution in [2.75, 3.05) is 0 Å². The Morgan fingerprint density at radius 2 is 1.33 bits per heavy atom. The van der Waals surface area contributed by atoms with E-state index in [1.165, 1.54) is 25.9 Å². The smallest absolute Gasteiger partial charge is 0.566 e. The summed E-state index contributed by atoms with van der Waals surface area (Å²) in [5, 5.41) is 8.44. The SMILES string of the molecule is CC1(C[CH-]O)CCC1.O=[P+](O)O.O=[P+](O)O.[Na+].[Na+]. The molecule has 0 aromatic heterocycles. The summed E-state index contributed by atoms with van der Waals surface area (Å²) in [6, 6.07) is 0. The predicted octanol–water partition coefficient (Wildman–Crippen LogP) is -4.63. The van der Waals surface area contributed by atoms with Crippen molar-refractivity contribution >= 4 is 16.5 Å². The molecule has 5 N–H and O–H groups in total. The van der Waals surface area contributed by atoms with Gasteiger partial charge in [-0.05, 0) is 0 Å². The van der Waals surface area contributed by atoms with Gasteiger partial charge >= 0.3 is 75.6 Å². The summed E-state index contributed by atoms with van der Waals surface area (Å²) in [6.45, 7) is 3.52. The number of aliphatic hydroxyl groups is 1. The first-order chi connectivity index (χ1) is 7.23. The first kappa shape index (κ1) is 28.2. The topological polar surface area (TPSA) is 135 Å². The van der Waals surface area contributed by atoms with Gasteiger partial charge in [-0.3, -0.25) is 0 Å². The monoisotopic (exact) mass is 321 g/mol. The standard InChI is InChI=1S/C7H13O.2Na.2HO3P/c1-7(5-6-8)3-2-4-7;;;2*1-4(2)3/h6,8H,2-5H2,1H3;;;2*(H-,1,2,3)/q-1;2*+1;;/p+2. The summed E-state index contributed by atoms with van der Waals surface area (Å²) in [4.78, 5) is 28.5. The van der Waals surface area contributed by atoms with E-state index in [-0.39, 0.29) is 59.1 Å². The molecule has 0 aromatic rings. The fourth-order valence-electron chi connectivity index (χ4n) is 1.20. The van der Waals surface area contributed by atoms with Crippen LogP contribution in [0, 0.1) is 12.0 Å². The van der Waals surface area contributed by atoms with Crippen LogP contribution in [0.5, 0.6) is 0 Å². The Balaban J connectivity index is -0.0000000860. The third-order valence-corrected chi connectivity index (χ3v) is 2.14. The largest absolute Gasteiger partial charge is 1.00 e. The minimum absolute atomic E-state index is 0. The van der Waals surface area contributed by atoms with Crippen LogP contribution in [0.15, 0.2) is 0 Å². The minimum Gasteiger partial charge on any atom is -0.566 e. The van der Waals surface area contributed by atoms with Gasteiger partial charge in [-0.1, -0.05) is 31.6 Å². The van der Waals surface area contributed by atoms with Gasteiger partial charge in [0.15, 0.2) is 0 Å². The van der Waals surface area contributed by atoms with Crippen LogP contribution in [0.25, 0.3) is 0 Å². The van der Waals surface area contributed by atoms with Crippen molar-refractivity contribution in [1.29, 1.82) is 0 Å². The Bertz CT molecular complexity index is 206. The van der Waals surface area contributed by atoms with Crippen LogP contribution in [-0.2, 0) is 9.13 Å². The van der Waals surface area contributed by atoms with Crippen molar-refractivity contribution in [2.24, 2.45) is 5.41 Å². The van der Waals surface area contributed by atoms with E-state index in [1.807, 2.05) is 0 Å². The van der Waals surface area contributed by atoms with E-state index < -0.39 is 16.5 Å². The zero-order chi connectivity index (χ0) is 13.2. The normalized spacial score (nSPS) is 13.9. The van der Waals surface area contributed by atoms with Gasteiger partial charge in [0.1, 0.15) is 0 Å². The van der Waals surface area contributed by atoms with Gasteiger partial charge in [-0.15, -0.1) is 19.6 Å². The molecule has 0 radical (unpaired) electrons. The van der Waals surface area contributed by atoms with E-state index in [1.54, 1.807) is 0 Å². The molecule has 0 aromatic carbocycles. The quantitative estimate of drug-likeness (QED) is 0.196. The average Bonchev–Trinajstić information content (AvgIpc) is 1.99. The minimum atomic E-state index is -2.87. The van der Waals surface area contributed by atoms with E-state index in [4.69, 9.17) is 33.8 Å². The fourth-order valence-corrected chi connectivity index (χ4v) is 1.20. The summed E-state index contributed by atoms with van der Waals surface area (Å²) in [5.41, 5.74) is 0.467. The van der Waals surface area contributed by atoms with Crippen LogP contribution in [0.3, 0.4) is 0 Å². The molecule has 1 rings (SSSR count). The Morgan fingerprint density at radius 3 is 1.39 bits per heavy atom. The maximum absolute atomic E-state index is 8.70. The molecule has 0 atom stereocenters. The van der Waals surface area contributed by atoms with Crippen LogP contribution >= 0.6 is 16.5 Å². The molecule has 1 saturated carbocycles.